The van der Waals surface area contributed by atoms with Crippen LogP contribution in [0, 0.1) is 5.82 Å². The lowest BCUT2D eigenvalue weighted by molar-refractivity contribution is -0.139. The number of amides is 2. The van der Waals surface area contributed by atoms with Gasteiger partial charge in [-0.3, -0.25) is 9.59 Å². The van der Waals surface area contributed by atoms with Gasteiger partial charge in [-0.1, -0.05) is 25.3 Å². The average molecular weight is 333 g/mol. The van der Waals surface area contributed by atoms with Crippen LogP contribution >= 0.6 is 0 Å². The Balaban J connectivity index is 1.59. The molecule has 0 bridgehead atoms. The summed E-state index contributed by atoms with van der Waals surface area (Å²) in [5.74, 6) is -0.598. The second kappa shape index (κ2) is 6.89. The lowest BCUT2D eigenvalue weighted by atomic mass is 9.81. The van der Waals surface area contributed by atoms with E-state index in [1.807, 2.05) is 0 Å². The fraction of sp³-hybridized carbons (Fsp3) is 0.556. The molecule has 130 valence electrons. The highest BCUT2D eigenvalue weighted by Crippen LogP contribution is 2.28. The number of nitrogens with zero attached hydrogens (tertiary/aromatic N) is 2. The van der Waals surface area contributed by atoms with E-state index in [0.717, 1.165) is 32.1 Å². The van der Waals surface area contributed by atoms with Crippen LogP contribution in [0.4, 0.5) is 4.39 Å². The van der Waals surface area contributed by atoms with Gasteiger partial charge in [0.05, 0.1) is 5.54 Å². The maximum atomic E-state index is 13.3. The summed E-state index contributed by atoms with van der Waals surface area (Å²) in [7, 11) is 0. The Morgan fingerprint density at radius 2 is 1.62 bits per heavy atom. The van der Waals surface area contributed by atoms with Crippen molar-refractivity contribution in [3.8, 4) is 0 Å². The van der Waals surface area contributed by atoms with E-state index >= 15 is 0 Å². The number of carbonyl (C=O) groups is 2. The third-order valence-corrected chi connectivity index (χ3v) is 5.10. The van der Waals surface area contributed by atoms with Crippen molar-refractivity contribution in [3.05, 3.63) is 35.6 Å². The highest BCUT2D eigenvalue weighted by atomic mass is 19.1. The lowest BCUT2D eigenvalue weighted by Crippen LogP contribution is -2.60. The topological polar surface area (TPSA) is 66.6 Å². The van der Waals surface area contributed by atoms with Gasteiger partial charge in [-0.2, -0.15) is 0 Å². The SMILES string of the molecule is NC1(C(=O)N2CCN(C(=O)c3cccc(F)c3)CC2)CCCCC1. The van der Waals surface area contributed by atoms with Crippen LogP contribution in [0.1, 0.15) is 42.5 Å². The fourth-order valence-electron chi connectivity index (χ4n) is 3.63. The van der Waals surface area contributed by atoms with Crippen molar-refractivity contribution in [2.24, 2.45) is 5.73 Å². The van der Waals surface area contributed by atoms with E-state index in [1.54, 1.807) is 15.9 Å². The minimum atomic E-state index is -0.729. The third-order valence-electron chi connectivity index (χ3n) is 5.10. The maximum absolute atomic E-state index is 13.3. The van der Waals surface area contributed by atoms with E-state index in [0.29, 0.717) is 31.7 Å². The molecule has 0 atom stereocenters. The molecule has 1 aromatic rings. The first-order valence-electron chi connectivity index (χ1n) is 8.63. The van der Waals surface area contributed by atoms with Crippen LogP contribution in [0.25, 0.3) is 0 Å². The molecular weight excluding hydrogens is 309 g/mol. The van der Waals surface area contributed by atoms with Crippen molar-refractivity contribution in [1.82, 2.24) is 9.80 Å². The number of piperazine rings is 1. The fourth-order valence-corrected chi connectivity index (χ4v) is 3.63. The van der Waals surface area contributed by atoms with E-state index in [-0.39, 0.29) is 11.8 Å². The monoisotopic (exact) mass is 333 g/mol. The number of halogens is 1. The maximum Gasteiger partial charge on any atom is 0.254 e. The van der Waals surface area contributed by atoms with E-state index in [4.69, 9.17) is 5.73 Å². The van der Waals surface area contributed by atoms with Gasteiger partial charge in [0.2, 0.25) is 5.91 Å². The minimum Gasteiger partial charge on any atom is -0.338 e. The predicted molar refractivity (Wildman–Crippen MR) is 88.9 cm³/mol. The summed E-state index contributed by atoms with van der Waals surface area (Å²) in [6.07, 6.45) is 4.63. The molecule has 2 fully saturated rings. The number of rotatable bonds is 2. The van der Waals surface area contributed by atoms with E-state index in [1.165, 1.54) is 18.2 Å². The molecule has 0 unspecified atom stereocenters. The summed E-state index contributed by atoms with van der Waals surface area (Å²) in [6.45, 7) is 1.88. The molecule has 1 aromatic carbocycles. The van der Waals surface area contributed by atoms with Crippen LogP contribution in [-0.2, 0) is 4.79 Å². The molecule has 2 N–H and O–H groups in total. The molecule has 1 saturated heterocycles. The van der Waals surface area contributed by atoms with Crippen molar-refractivity contribution in [2.45, 2.75) is 37.6 Å². The molecule has 1 saturated carbocycles. The predicted octanol–water partition coefficient (Wildman–Crippen LogP) is 1.77. The van der Waals surface area contributed by atoms with Crippen molar-refractivity contribution < 1.29 is 14.0 Å². The minimum absolute atomic E-state index is 0.0139. The average Bonchev–Trinajstić information content (AvgIpc) is 2.61. The van der Waals surface area contributed by atoms with Gasteiger partial charge in [0.25, 0.3) is 5.91 Å². The van der Waals surface area contributed by atoms with E-state index in [9.17, 15) is 14.0 Å². The van der Waals surface area contributed by atoms with Crippen molar-refractivity contribution >= 4 is 11.8 Å². The Hall–Kier alpha value is -1.95. The van der Waals surface area contributed by atoms with Crippen molar-refractivity contribution in [3.63, 3.8) is 0 Å². The number of nitrogens with two attached hydrogens (primary N) is 1. The Morgan fingerprint density at radius 3 is 2.25 bits per heavy atom. The zero-order chi connectivity index (χ0) is 17.2. The Kier molecular flexibility index (Phi) is 4.85. The number of carbonyl (C=O) groups excluding carboxylic acids is 2. The number of benzene rings is 1. The van der Waals surface area contributed by atoms with Gasteiger partial charge >= 0.3 is 0 Å². The van der Waals surface area contributed by atoms with Crippen LogP contribution in [0.15, 0.2) is 24.3 Å². The number of hydrogen-bond donors (Lipinski definition) is 1. The second-order valence-electron chi connectivity index (χ2n) is 6.81. The molecule has 5 nitrogen and oxygen atoms in total. The van der Waals surface area contributed by atoms with Gasteiger partial charge < -0.3 is 15.5 Å². The van der Waals surface area contributed by atoms with Gasteiger partial charge in [0.1, 0.15) is 5.82 Å². The summed E-state index contributed by atoms with van der Waals surface area (Å²) in [4.78, 5) is 28.6. The largest absolute Gasteiger partial charge is 0.338 e. The molecule has 2 aliphatic rings. The molecule has 1 aliphatic carbocycles. The third kappa shape index (κ3) is 3.43. The molecule has 24 heavy (non-hydrogen) atoms. The standard InChI is InChI=1S/C18H24FN3O2/c19-15-6-4-5-14(13-15)16(23)21-9-11-22(12-10-21)17(24)18(20)7-2-1-3-8-18/h4-6,13H,1-3,7-12,20H2. The van der Waals surface area contributed by atoms with Crippen molar-refractivity contribution in [1.29, 1.82) is 0 Å². The smallest absolute Gasteiger partial charge is 0.254 e. The molecule has 1 aliphatic heterocycles. The summed E-state index contributed by atoms with van der Waals surface area (Å²) < 4.78 is 13.3. The van der Waals surface area contributed by atoms with Crippen LogP contribution < -0.4 is 5.73 Å². The molecule has 6 heteroatoms. The molecule has 0 aromatic heterocycles. The van der Waals surface area contributed by atoms with E-state index < -0.39 is 11.4 Å². The van der Waals surface area contributed by atoms with Crippen LogP contribution in [0.3, 0.4) is 0 Å². The van der Waals surface area contributed by atoms with Crippen molar-refractivity contribution in [2.75, 3.05) is 26.2 Å². The van der Waals surface area contributed by atoms with Crippen LogP contribution in [0.2, 0.25) is 0 Å². The zero-order valence-corrected chi connectivity index (χ0v) is 13.8. The van der Waals surface area contributed by atoms with Gasteiger partial charge in [0, 0.05) is 31.7 Å². The Morgan fingerprint density at radius 1 is 1.00 bits per heavy atom. The Labute approximate surface area is 141 Å². The molecule has 3 rings (SSSR count). The quantitative estimate of drug-likeness (QED) is 0.897. The molecule has 1 heterocycles. The van der Waals surface area contributed by atoms with Gasteiger partial charge in [-0.15, -0.1) is 0 Å². The first-order valence-corrected chi connectivity index (χ1v) is 8.63. The normalized spacial score (nSPS) is 20.8. The summed E-state index contributed by atoms with van der Waals surface area (Å²) in [5.41, 5.74) is 5.94. The van der Waals surface area contributed by atoms with Gasteiger partial charge in [-0.25, -0.2) is 4.39 Å². The highest BCUT2D eigenvalue weighted by molar-refractivity contribution is 5.94. The van der Waals surface area contributed by atoms with E-state index in [2.05, 4.69) is 0 Å². The molecule has 0 radical (unpaired) electrons. The number of hydrogen-bond acceptors (Lipinski definition) is 3. The summed E-state index contributed by atoms with van der Waals surface area (Å²) in [5, 5.41) is 0. The second-order valence-corrected chi connectivity index (χ2v) is 6.81. The zero-order valence-electron chi connectivity index (χ0n) is 13.8. The summed E-state index contributed by atoms with van der Waals surface area (Å²) in [6, 6.07) is 5.71. The Bertz CT molecular complexity index is 620. The molecular formula is C18H24FN3O2. The first kappa shape index (κ1) is 16.9. The van der Waals surface area contributed by atoms with Crippen LogP contribution in [0.5, 0.6) is 0 Å². The summed E-state index contributed by atoms with van der Waals surface area (Å²) >= 11 is 0. The molecule has 2 amide bonds. The molecule has 0 spiro atoms. The lowest BCUT2D eigenvalue weighted by Gasteiger charge is -2.41. The highest BCUT2D eigenvalue weighted by Gasteiger charge is 2.39. The first-order chi connectivity index (χ1) is 11.5. The van der Waals surface area contributed by atoms with Gasteiger partial charge in [0.15, 0.2) is 0 Å². The van der Waals surface area contributed by atoms with Gasteiger partial charge in [-0.05, 0) is 31.0 Å². The van der Waals surface area contributed by atoms with Crippen LogP contribution in [-0.4, -0.2) is 53.3 Å².